The maximum Gasteiger partial charge on any atom is 0.0981 e. The fourth-order valence-corrected chi connectivity index (χ4v) is 3.72. The Balaban J connectivity index is 2.00. The molecule has 3 rings (SSSR count). The zero-order valence-electron chi connectivity index (χ0n) is 11.1. The van der Waals surface area contributed by atoms with Gasteiger partial charge in [0.25, 0.3) is 0 Å². The van der Waals surface area contributed by atoms with E-state index in [1.165, 1.54) is 11.1 Å². The molecule has 2 aliphatic heterocycles. The summed E-state index contributed by atoms with van der Waals surface area (Å²) >= 11 is 6.47. The Kier molecular flexibility index (Phi) is 3.66. The van der Waals surface area contributed by atoms with Gasteiger partial charge in [-0.15, -0.1) is 6.58 Å². The first-order valence-electron chi connectivity index (χ1n) is 7.05. The van der Waals surface area contributed by atoms with Gasteiger partial charge < -0.3 is 10.1 Å². The van der Waals surface area contributed by atoms with Crippen molar-refractivity contribution >= 4 is 11.6 Å². The van der Waals surface area contributed by atoms with E-state index in [-0.39, 0.29) is 11.7 Å². The number of rotatable bonds is 3. The van der Waals surface area contributed by atoms with Crippen LogP contribution in [-0.4, -0.2) is 13.1 Å². The molecule has 1 atom stereocenters. The van der Waals surface area contributed by atoms with Crippen LogP contribution in [0.2, 0.25) is 5.02 Å². The molecule has 2 aliphatic rings. The lowest BCUT2D eigenvalue weighted by Gasteiger charge is -2.35. The van der Waals surface area contributed by atoms with Crippen molar-refractivity contribution in [1.29, 1.82) is 0 Å². The summed E-state index contributed by atoms with van der Waals surface area (Å²) in [6.07, 6.45) is 6.12. The van der Waals surface area contributed by atoms with Crippen molar-refractivity contribution in [2.75, 3.05) is 13.1 Å². The summed E-state index contributed by atoms with van der Waals surface area (Å²) in [5.41, 5.74) is 2.37. The summed E-state index contributed by atoms with van der Waals surface area (Å²) in [5, 5.41) is 4.27. The van der Waals surface area contributed by atoms with E-state index in [1.807, 2.05) is 18.2 Å². The fraction of sp³-hybridized carbons (Fsp3) is 0.500. The smallest absolute Gasteiger partial charge is 0.0981 e. The molecule has 1 N–H and O–H groups in total. The number of piperidine rings is 1. The molecule has 1 aromatic carbocycles. The van der Waals surface area contributed by atoms with Crippen molar-refractivity contribution < 1.29 is 4.74 Å². The molecule has 1 fully saturated rings. The molecule has 2 nitrogen and oxygen atoms in total. The number of hydrogen-bond acceptors (Lipinski definition) is 2. The molecular formula is C16H20ClNO. The summed E-state index contributed by atoms with van der Waals surface area (Å²) in [5.74, 6) is 0. The molecule has 1 saturated heterocycles. The van der Waals surface area contributed by atoms with Gasteiger partial charge in [-0.05, 0) is 50.4 Å². The first kappa shape index (κ1) is 13.2. The van der Waals surface area contributed by atoms with Gasteiger partial charge in [-0.2, -0.15) is 0 Å². The van der Waals surface area contributed by atoms with Gasteiger partial charge in [0.1, 0.15) is 0 Å². The van der Waals surface area contributed by atoms with Gasteiger partial charge >= 0.3 is 0 Å². The van der Waals surface area contributed by atoms with Crippen molar-refractivity contribution in [3.63, 3.8) is 0 Å². The van der Waals surface area contributed by atoms with Gasteiger partial charge in [0, 0.05) is 10.6 Å². The summed E-state index contributed by atoms with van der Waals surface area (Å²) in [6, 6.07) is 6.20. The third-order valence-electron chi connectivity index (χ3n) is 4.26. The van der Waals surface area contributed by atoms with Crippen molar-refractivity contribution in [2.45, 2.75) is 37.4 Å². The molecule has 2 heterocycles. The van der Waals surface area contributed by atoms with Crippen LogP contribution in [0.4, 0.5) is 0 Å². The summed E-state index contributed by atoms with van der Waals surface area (Å²) in [7, 11) is 0. The quantitative estimate of drug-likeness (QED) is 0.845. The average molecular weight is 278 g/mol. The number of nitrogens with one attached hydrogen (secondary N) is 1. The lowest BCUT2D eigenvalue weighted by atomic mass is 9.84. The van der Waals surface area contributed by atoms with Gasteiger partial charge in [-0.3, -0.25) is 0 Å². The van der Waals surface area contributed by atoms with Crippen LogP contribution in [0.1, 0.15) is 42.9 Å². The molecule has 0 aliphatic carbocycles. The monoisotopic (exact) mass is 277 g/mol. The minimum Gasteiger partial charge on any atom is -0.362 e. The number of ether oxygens (including phenoxy) is 1. The molecule has 0 amide bonds. The Morgan fingerprint density at radius 3 is 2.95 bits per heavy atom. The molecule has 19 heavy (non-hydrogen) atoms. The zero-order valence-corrected chi connectivity index (χ0v) is 11.9. The predicted octanol–water partition coefficient (Wildman–Crippen LogP) is 3.96. The van der Waals surface area contributed by atoms with E-state index in [0.29, 0.717) is 0 Å². The number of fused-ring (bicyclic) bond motifs is 2. The van der Waals surface area contributed by atoms with Crippen LogP contribution in [0.3, 0.4) is 0 Å². The largest absolute Gasteiger partial charge is 0.362 e. The van der Waals surface area contributed by atoms with Gasteiger partial charge in [-0.1, -0.05) is 29.8 Å². The van der Waals surface area contributed by atoms with Crippen LogP contribution in [0.15, 0.2) is 30.9 Å². The van der Waals surface area contributed by atoms with Crippen LogP contribution in [-0.2, 0) is 10.3 Å². The predicted molar refractivity (Wildman–Crippen MR) is 78.5 cm³/mol. The second-order valence-electron chi connectivity index (χ2n) is 5.42. The molecule has 0 aromatic heterocycles. The molecule has 0 radical (unpaired) electrons. The van der Waals surface area contributed by atoms with Gasteiger partial charge in [-0.25, -0.2) is 0 Å². The molecule has 1 aromatic rings. The maximum absolute atomic E-state index is 6.47. The second kappa shape index (κ2) is 5.28. The maximum atomic E-state index is 6.47. The van der Waals surface area contributed by atoms with Crippen LogP contribution >= 0.6 is 11.6 Å². The highest BCUT2D eigenvalue weighted by molar-refractivity contribution is 6.31. The first-order chi connectivity index (χ1) is 9.27. The highest BCUT2D eigenvalue weighted by Gasteiger charge is 2.46. The third kappa shape index (κ3) is 2.22. The molecule has 1 unspecified atom stereocenters. The minimum absolute atomic E-state index is 0.162. The van der Waals surface area contributed by atoms with E-state index in [0.717, 1.165) is 43.8 Å². The van der Waals surface area contributed by atoms with Crippen molar-refractivity contribution in [3.05, 3.63) is 47.0 Å². The SMILES string of the molecule is C=CCCC1OC2(CCNCC2)c2c(Cl)cccc21. The molecule has 0 saturated carbocycles. The molecule has 0 bridgehead atoms. The average Bonchev–Trinajstić information content (AvgIpc) is 2.73. The van der Waals surface area contributed by atoms with Crippen molar-refractivity contribution in [2.24, 2.45) is 0 Å². The Hall–Kier alpha value is -0.830. The number of hydrogen-bond donors (Lipinski definition) is 1. The summed E-state index contributed by atoms with van der Waals surface area (Å²) < 4.78 is 6.47. The van der Waals surface area contributed by atoms with Gasteiger partial charge in [0.2, 0.25) is 0 Å². The van der Waals surface area contributed by atoms with Crippen LogP contribution in [0.25, 0.3) is 0 Å². The molecular weight excluding hydrogens is 258 g/mol. The summed E-state index contributed by atoms with van der Waals surface area (Å²) in [4.78, 5) is 0. The summed E-state index contributed by atoms with van der Waals surface area (Å²) in [6.45, 7) is 5.81. The lowest BCUT2D eigenvalue weighted by Crippen LogP contribution is -2.40. The standard InChI is InChI=1S/C16H20ClNO/c1-2-3-7-14-12-5-4-6-13(17)15(12)16(19-14)8-10-18-11-9-16/h2,4-6,14,18H,1,3,7-11H2. The van der Waals surface area contributed by atoms with Gasteiger partial charge in [0.05, 0.1) is 11.7 Å². The number of benzene rings is 1. The Morgan fingerprint density at radius 1 is 1.42 bits per heavy atom. The van der Waals surface area contributed by atoms with Crippen LogP contribution < -0.4 is 5.32 Å². The fourth-order valence-electron chi connectivity index (χ4n) is 3.37. The van der Waals surface area contributed by atoms with E-state index in [4.69, 9.17) is 16.3 Å². The van der Waals surface area contributed by atoms with Crippen LogP contribution in [0.5, 0.6) is 0 Å². The van der Waals surface area contributed by atoms with Crippen LogP contribution in [0, 0.1) is 0 Å². The highest BCUT2D eigenvalue weighted by atomic mass is 35.5. The highest BCUT2D eigenvalue weighted by Crippen LogP contribution is 2.52. The van der Waals surface area contributed by atoms with Crippen molar-refractivity contribution in [3.8, 4) is 0 Å². The van der Waals surface area contributed by atoms with E-state index in [9.17, 15) is 0 Å². The Morgan fingerprint density at radius 2 is 2.21 bits per heavy atom. The van der Waals surface area contributed by atoms with Gasteiger partial charge in [0.15, 0.2) is 0 Å². The zero-order chi connectivity index (χ0) is 13.3. The number of halogens is 1. The van der Waals surface area contributed by atoms with Crippen molar-refractivity contribution in [1.82, 2.24) is 5.32 Å². The van der Waals surface area contributed by atoms with E-state index >= 15 is 0 Å². The topological polar surface area (TPSA) is 21.3 Å². The minimum atomic E-state index is -0.162. The number of allylic oxidation sites excluding steroid dienone is 1. The second-order valence-corrected chi connectivity index (χ2v) is 5.83. The molecule has 102 valence electrons. The lowest BCUT2D eigenvalue weighted by molar-refractivity contribution is -0.0962. The van der Waals surface area contributed by atoms with E-state index < -0.39 is 0 Å². The molecule has 3 heteroatoms. The Bertz CT molecular complexity index is 480. The van der Waals surface area contributed by atoms with E-state index in [2.05, 4.69) is 18.0 Å². The third-order valence-corrected chi connectivity index (χ3v) is 4.58. The molecule has 1 spiro atoms. The normalized spacial score (nSPS) is 24.4. The Labute approximate surface area is 119 Å². The van der Waals surface area contributed by atoms with E-state index in [1.54, 1.807) is 0 Å². The first-order valence-corrected chi connectivity index (χ1v) is 7.43.